The van der Waals surface area contributed by atoms with E-state index in [2.05, 4.69) is 24.1 Å². The molecule has 2 aliphatic rings. The van der Waals surface area contributed by atoms with Crippen LogP contribution < -0.4 is 10.2 Å². The van der Waals surface area contributed by atoms with Gasteiger partial charge in [-0.3, -0.25) is 19.3 Å². The molecule has 2 aromatic carbocycles. The highest BCUT2D eigenvalue weighted by atomic mass is 16.2. The molecule has 32 heavy (non-hydrogen) atoms. The smallest absolute Gasteiger partial charge is 0.267 e. The molecule has 2 aliphatic heterocycles. The molecule has 3 amide bonds. The van der Waals surface area contributed by atoms with Gasteiger partial charge < -0.3 is 15.1 Å². The van der Waals surface area contributed by atoms with Crippen LogP contribution in [0.15, 0.2) is 54.6 Å². The average molecular weight is 435 g/mol. The second-order valence-electron chi connectivity index (χ2n) is 8.22. The number of anilines is 1. The summed E-state index contributed by atoms with van der Waals surface area (Å²) < 4.78 is 0. The minimum atomic E-state index is -1.36. The van der Waals surface area contributed by atoms with Crippen LogP contribution in [0.5, 0.6) is 0 Å². The highest BCUT2D eigenvalue weighted by Crippen LogP contribution is 2.45. The van der Waals surface area contributed by atoms with Crippen molar-refractivity contribution < 1.29 is 14.4 Å². The molecule has 0 saturated carbocycles. The summed E-state index contributed by atoms with van der Waals surface area (Å²) in [6, 6.07) is 16.7. The monoisotopic (exact) mass is 434 g/mol. The van der Waals surface area contributed by atoms with E-state index in [0.717, 1.165) is 18.7 Å². The fourth-order valence-electron chi connectivity index (χ4n) is 4.78. The number of nitrogens with one attached hydrogen (secondary N) is 1. The Morgan fingerprint density at radius 1 is 1.03 bits per heavy atom. The number of para-hydroxylation sites is 1. The summed E-state index contributed by atoms with van der Waals surface area (Å²) >= 11 is 0. The van der Waals surface area contributed by atoms with Gasteiger partial charge in [0.1, 0.15) is 0 Å². The predicted octanol–water partition coefficient (Wildman–Crippen LogP) is 2.62. The molecule has 1 fully saturated rings. The van der Waals surface area contributed by atoms with Crippen molar-refractivity contribution in [1.82, 2.24) is 15.1 Å². The lowest BCUT2D eigenvalue weighted by atomic mass is 9.94. The van der Waals surface area contributed by atoms with Gasteiger partial charge in [-0.2, -0.15) is 0 Å². The second-order valence-corrected chi connectivity index (χ2v) is 8.22. The molecule has 7 heteroatoms. The Bertz CT molecular complexity index is 1010. The summed E-state index contributed by atoms with van der Waals surface area (Å²) in [6.45, 7) is 7.38. The SMILES string of the molecule is CCN(CC)CCNC(=O)C12CCC(=O)N1c1ccccc1C(=O)N2Cc1ccccc1. The maximum atomic E-state index is 13.7. The molecule has 0 aromatic heterocycles. The van der Waals surface area contributed by atoms with E-state index in [1.54, 1.807) is 34.1 Å². The van der Waals surface area contributed by atoms with Crippen LogP contribution in [0.25, 0.3) is 0 Å². The summed E-state index contributed by atoms with van der Waals surface area (Å²) in [5.74, 6) is -0.662. The van der Waals surface area contributed by atoms with Crippen molar-refractivity contribution in [2.75, 3.05) is 31.1 Å². The molecule has 1 N–H and O–H groups in total. The van der Waals surface area contributed by atoms with Gasteiger partial charge in [-0.15, -0.1) is 0 Å². The topological polar surface area (TPSA) is 73.0 Å². The van der Waals surface area contributed by atoms with Gasteiger partial charge in [0, 0.05) is 32.5 Å². The van der Waals surface area contributed by atoms with Gasteiger partial charge in [-0.1, -0.05) is 56.3 Å². The van der Waals surface area contributed by atoms with Crippen LogP contribution >= 0.6 is 0 Å². The first-order valence-electron chi connectivity index (χ1n) is 11.3. The van der Waals surface area contributed by atoms with E-state index in [9.17, 15) is 14.4 Å². The molecule has 0 bridgehead atoms. The Labute approximate surface area is 189 Å². The fraction of sp³-hybridized carbons (Fsp3) is 0.400. The van der Waals surface area contributed by atoms with Gasteiger partial charge in [0.2, 0.25) is 11.6 Å². The fourth-order valence-corrected chi connectivity index (χ4v) is 4.78. The Balaban J connectivity index is 1.73. The Morgan fingerprint density at radius 2 is 1.72 bits per heavy atom. The third-order valence-electron chi connectivity index (χ3n) is 6.53. The first kappa shape index (κ1) is 22.0. The number of carbonyl (C=O) groups is 3. The molecule has 0 spiro atoms. The zero-order valence-corrected chi connectivity index (χ0v) is 18.7. The van der Waals surface area contributed by atoms with Gasteiger partial charge in [-0.25, -0.2) is 0 Å². The van der Waals surface area contributed by atoms with Crippen molar-refractivity contribution in [3.8, 4) is 0 Å². The number of rotatable bonds is 8. The summed E-state index contributed by atoms with van der Waals surface area (Å²) in [5.41, 5.74) is 0.519. The maximum absolute atomic E-state index is 13.7. The third kappa shape index (κ3) is 3.66. The number of fused-ring (bicyclic) bond motifs is 3. The number of amides is 3. The number of nitrogens with zero attached hydrogens (tertiary/aromatic N) is 3. The quantitative estimate of drug-likeness (QED) is 0.693. The number of carbonyl (C=O) groups excluding carboxylic acids is 3. The lowest BCUT2D eigenvalue weighted by Gasteiger charge is -2.49. The zero-order chi connectivity index (χ0) is 22.7. The van der Waals surface area contributed by atoms with Gasteiger partial charge in [0.15, 0.2) is 0 Å². The Morgan fingerprint density at radius 3 is 2.44 bits per heavy atom. The van der Waals surface area contributed by atoms with Gasteiger partial charge in [-0.05, 0) is 30.8 Å². The lowest BCUT2D eigenvalue weighted by molar-refractivity contribution is -0.134. The molecule has 7 nitrogen and oxygen atoms in total. The van der Waals surface area contributed by atoms with E-state index < -0.39 is 5.66 Å². The average Bonchev–Trinajstić information content (AvgIpc) is 3.18. The van der Waals surface area contributed by atoms with Crippen LogP contribution in [0.3, 0.4) is 0 Å². The second kappa shape index (κ2) is 9.12. The molecular formula is C25H30N4O3. The maximum Gasteiger partial charge on any atom is 0.267 e. The first-order valence-corrected chi connectivity index (χ1v) is 11.3. The van der Waals surface area contributed by atoms with Crippen molar-refractivity contribution in [2.24, 2.45) is 0 Å². The zero-order valence-electron chi connectivity index (χ0n) is 18.7. The largest absolute Gasteiger partial charge is 0.351 e. The van der Waals surface area contributed by atoms with Crippen molar-refractivity contribution in [3.05, 3.63) is 65.7 Å². The standard InChI is InChI=1S/C25H30N4O3/c1-3-27(4-2)17-16-26-24(32)25-15-14-22(30)29(25)21-13-9-8-12-20(21)23(31)28(25)18-19-10-6-5-7-11-19/h5-13H,3-4,14-18H2,1-2H3,(H,26,32). The Hall–Kier alpha value is -3.19. The van der Waals surface area contributed by atoms with E-state index in [1.165, 1.54) is 0 Å². The van der Waals surface area contributed by atoms with E-state index in [4.69, 9.17) is 0 Å². The third-order valence-corrected chi connectivity index (χ3v) is 6.53. The van der Waals surface area contributed by atoms with Crippen LogP contribution in [0.4, 0.5) is 5.69 Å². The summed E-state index contributed by atoms with van der Waals surface area (Å²) in [5, 5.41) is 3.03. The molecule has 0 aliphatic carbocycles. The summed E-state index contributed by atoms with van der Waals surface area (Å²) in [4.78, 5) is 45.8. The van der Waals surface area contributed by atoms with Gasteiger partial charge in [0.05, 0.1) is 11.3 Å². The molecule has 0 radical (unpaired) electrons. The van der Waals surface area contributed by atoms with Crippen LogP contribution in [0, 0.1) is 0 Å². The van der Waals surface area contributed by atoms with Crippen molar-refractivity contribution in [1.29, 1.82) is 0 Å². The molecule has 2 heterocycles. The minimum absolute atomic E-state index is 0.137. The highest BCUT2D eigenvalue weighted by molar-refractivity contribution is 6.16. The lowest BCUT2D eigenvalue weighted by Crippen LogP contribution is -2.70. The molecule has 1 unspecified atom stereocenters. The van der Waals surface area contributed by atoms with E-state index >= 15 is 0 Å². The Kier molecular flexibility index (Phi) is 6.28. The van der Waals surface area contributed by atoms with Crippen LogP contribution in [-0.2, 0) is 16.1 Å². The van der Waals surface area contributed by atoms with E-state index in [1.807, 2.05) is 30.3 Å². The predicted molar refractivity (Wildman–Crippen MR) is 123 cm³/mol. The number of hydrogen-bond donors (Lipinski definition) is 1. The molecular weight excluding hydrogens is 404 g/mol. The molecule has 168 valence electrons. The molecule has 1 saturated heterocycles. The van der Waals surface area contributed by atoms with Crippen molar-refractivity contribution in [3.63, 3.8) is 0 Å². The normalized spacial score (nSPS) is 19.8. The number of hydrogen-bond acceptors (Lipinski definition) is 4. The summed E-state index contributed by atoms with van der Waals surface area (Å²) in [6.07, 6.45) is 0.492. The number of benzene rings is 2. The van der Waals surface area contributed by atoms with Crippen molar-refractivity contribution in [2.45, 2.75) is 38.9 Å². The van der Waals surface area contributed by atoms with E-state index in [0.29, 0.717) is 24.3 Å². The van der Waals surface area contributed by atoms with Crippen LogP contribution in [0.1, 0.15) is 42.6 Å². The molecule has 1 atom stereocenters. The van der Waals surface area contributed by atoms with Gasteiger partial charge in [0.25, 0.3) is 11.8 Å². The van der Waals surface area contributed by atoms with Crippen LogP contribution in [0.2, 0.25) is 0 Å². The summed E-state index contributed by atoms with van der Waals surface area (Å²) in [7, 11) is 0. The highest BCUT2D eigenvalue weighted by Gasteiger charge is 2.60. The van der Waals surface area contributed by atoms with Crippen molar-refractivity contribution >= 4 is 23.4 Å². The molecule has 2 aromatic rings. The number of likely N-dealkylation sites (N-methyl/N-ethyl adjacent to an activating group) is 1. The minimum Gasteiger partial charge on any atom is -0.351 e. The van der Waals surface area contributed by atoms with Crippen LogP contribution in [-0.4, -0.2) is 59.4 Å². The molecule has 4 rings (SSSR count). The van der Waals surface area contributed by atoms with E-state index in [-0.39, 0.29) is 37.1 Å². The van der Waals surface area contributed by atoms with Gasteiger partial charge >= 0.3 is 0 Å². The first-order chi connectivity index (χ1) is 15.5.